The second-order valence-electron chi connectivity index (χ2n) is 7.63. The van der Waals surface area contributed by atoms with Gasteiger partial charge in [-0.05, 0) is 72.1 Å². The number of carbonyl (C=O) groups excluding carboxylic acids is 1. The molecule has 0 saturated heterocycles. The SMILES string of the molecule is CCOC(=O)[C@@H](C)Oc1c(Cl)cc(C=Nn2c([C@H](C)CC)nc3ccc(Br)cc3c2=O)cc1Br. The number of esters is 1. The van der Waals surface area contributed by atoms with Gasteiger partial charge in [0.2, 0.25) is 0 Å². The van der Waals surface area contributed by atoms with Gasteiger partial charge in [-0.1, -0.05) is 41.4 Å². The quantitative estimate of drug-likeness (QED) is 0.220. The molecule has 180 valence electrons. The van der Waals surface area contributed by atoms with Crippen molar-refractivity contribution >= 4 is 66.5 Å². The van der Waals surface area contributed by atoms with Gasteiger partial charge in [0.1, 0.15) is 5.82 Å². The minimum absolute atomic E-state index is 0.0216. The van der Waals surface area contributed by atoms with Crippen LogP contribution in [-0.4, -0.2) is 34.6 Å². The summed E-state index contributed by atoms with van der Waals surface area (Å²) in [4.78, 5) is 29.8. The summed E-state index contributed by atoms with van der Waals surface area (Å²) in [5.74, 6) is 0.429. The molecule has 1 aromatic heterocycles. The third-order valence-corrected chi connectivity index (χ3v) is 6.51. The fraction of sp³-hybridized carbons (Fsp3) is 0.333. The standard InChI is InChI=1S/C24H24Br2ClN3O4/c1-5-13(3)22-29-20-8-7-16(25)11-17(20)23(31)30(22)28-12-15-9-18(26)21(19(27)10-15)34-14(4)24(32)33-6-2/h7-14H,5-6H2,1-4H3/t13-,14-/m1/s1. The average Bonchev–Trinajstić information content (AvgIpc) is 2.80. The van der Waals surface area contributed by atoms with Crippen LogP contribution in [0.5, 0.6) is 5.75 Å². The third kappa shape index (κ3) is 5.87. The second kappa shape index (κ2) is 11.5. The summed E-state index contributed by atoms with van der Waals surface area (Å²) >= 11 is 13.3. The van der Waals surface area contributed by atoms with Gasteiger partial charge in [0.15, 0.2) is 11.9 Å². The van der Waals surface area contributed by atoms with Gasteiger partial charge in [-0.15, -0.1) is 0 Å². The van der Waals surface area contributed by atoms with Crippen LogP contribution in [0.1, 0.15) is 51.4 Å². The number of fused-ring (bicyclic) bond motifs is 1. The van der Waals surface area contributed by atoms with E-state index in [1.165, 1.54) is 10.9 Å². The molecule has 0 bridgehead atoms. The van der Waals surface area contributed by atoms with E-state index >= 15 is 0 Å². The lowest BCUT2D eigenvalue weighted by molar-refractivity contribution is -0.150. The molecule has 7 nitrogen and oxygen atoms in total. The van der Waals surface area contributed by atoms with Gasteiger partial charge in [-0.2, -0.15) is 9.78 Å². The molecule has 2 aromatic carbocycles. The van der Waals surface area contributed by atoms with Crippen LogP contribution in [0, 0.1) is 0 Å². The Morgan fingerprint density at radius 2 is 1.97 bits per heavy atom. The zero-order valence-electron chi connectivity index (χ0n) is 19.1. The number of rotatable bonds is 8. The predicted octanol–water partition coefficient (Wildman–Crippen LogP) is 6.30. The van der Waals surface area contributed by atoms with Crippen LogP contribution in [0.4, 0.5) is 0 Å². The molecule has 0 saturated carbocycles. The summed E-state index contributed by atoms with van der Waals surface area (Å²) in [6.07, 6.45) is 1.51. The van der Waals surface area contributed by atoms with Crippen LogP contribution in [-0.2, 0) is 9.53 Å². The Kier molecular flexibility index (Phi) is 8.89. The number of benzene rings is 2. The predicted molar refractivity (Wildman–Crippen MR) is 141 cm³/mol. The van der Waals surface area contributed by atoms with Crippen molar-refractivity contribution in [2.24, 2.45) is 5.10 Å². The lowest BCUT2D eigenvalue weighted by Crippen LogP contribution is -2.26. The second-order valence-corrected chi connectivity index (χ2v) is 9.81. The van der Waals surface area contributed by atoms with Crippen molar-refractivity contribution in [1.29, 1.82) is 0 Å². The highest BCUT2D eigenvalue weighted by Gasteiger charge is 2.20. The summed E-state index contributed by atoms with van der Waals surface area (Å²) < 4.78 is 13.3. The maximum Gasteiger partial charge on any atom is 0.347 e. The first-order valence-corrected chi connectivity index (χ1v) is 12.7. The molecule has 3 rings (SSSR count). The van der Waals surface area contributed by atoms with E-state index in [0.717, 1.165) is 10.9 Å². The van der Waals surface area contributed by atoms with Crippen molar-refractivity contribution < 1.29 is 14.3 Å². The molecule has 10 heteroatoms. The maximum absolute atomic E-state index is 13.3. The van der Waals surface area contributed by atoms with E-state index < -0.39 is 12.1 Å². The van der Waals surface area contributed by atoms with Gasteiger partial charge in [0.05, 0.1) is 33.2 Å². The molecular weight excluding hydrogens is 590 g/mol. The van der Waals surface area contributed by atoms with E-state index in [4.69, 9.17) is 26.1 Å². The molecule has 0 aliphatic carbocycles. The number of ether oxygens (including phenoxy) is 2. The molecule has 34 heavy (non-hydrogen) atoms. The first-order chi connectivity index (χ1) is 16.2. The molecule has 0 fully saturated rings. The van der Waals surface area contributed by atoms with E-state index in [9.17, 15) is 9.59 Å². The number of halogens is 3. The van der Waals surface area contributed by atoms with Gasteiger partial charge in [0, 0.05) is 10.4 Å². The minimum atomic E-state index is -0.826. The Morgan fingerprint density at radius 1 is 1.24 bits per heavy atom. The van der Waals surface area contributed by atoms with Crippen LogP contribution in [0.2, 0.25) is 5.02 Å². The molecule has 1 heterocycles. The van der Waals surface area contributed by atoms with Gasteiger partial charge in [-0.3, -0.25) is 4.79 Å². The Bertz CT molecular complexity index is 1290. The fourth-order valence-corrected chi connectivity index (χ4v) is 4.47. The van der Waals surface area contributed by atoms with Crippen LogP contribution in [0.25, 0.3) is 10.9 Å². The summed E-state index contributed by atoms with van der Waals surface area (Å²) in [6, 6.07) is 8.79. The highest BCUT2D eigenvalue weighted by Crippen LogP contribution is 2.35. The molecule has 0 N–H and O–H groups in total. The lowest BCUT2D eigenvalue weighted by Gasteiger charge is -2.16. The summed E-state index contributed by atoms with van der Waals surface area (Å²) in [5.41, 5.74) is 0.994. The monoisotopic (exact) mass is 611 g/mol. The molecule has 2 atom stereocenters. The molecule has 0 aliphatic rings. The van der Waals surface area contributed by atoms with E-state index in [2.05, 4.69) is 37.0 Å². The molecule has 0 aliphatic heterocycles. The smallest absolute Gasteiger partial charge is 0.347 e. The molecule has 0 radical (unpaired) electrons. The summed E-state index contributed by atoms with van der Waals surface area (Å²) in [5, 5.41) is 5.20. The highest BCUT2D eigenvalue weighted by atomic mass is 79.9. The van der Waals surface area contributed by atoms with E-state index in [1.54, 1.807) is 32.0 Å². The summed E-state index contributed by atoms with van der Waals surface area (Å²) in [7, 11) is 0. The summed E-state index contributed by atoms with van der Waals surface area (Å²) in [6.45, 7) is 7.61. The molecule has 3 aromatic rings. The largest absolute Gasteiger partial charge is 0.476 e. The Hall–Kier alpha value is -2.23. The molecule has 0 spiro atoms. The van der Waals surface area contributed by atoms with E-state index in [-0.39, 0.29) is 23.1 Å². The lowest BCUT2D eigenvalue weighted by atomic mass is 10.1. The van der Waals surface area contributed by atoms with Gasteiger partial charge >= 0.3 is 5.97 Å². The van der Waals surface area contributed by atoms with Crippen LogP contribution >= 0.6 is 43.5 Å². The zero-order chi connectivity index (χ0) is 25.0. The van der Waals surface area contributed by atoms with E-state index in [1.807, 2.05) is 26.0 Å². The van der Waals surface area contributed by atoms with E-state index in [0.29, 0.717) is 32.5 Å². The van der Waals surface area contributed by atoms with Crippen LogP contribution in [0.3, 0.4) is 0 Å². The van der Waals surface area contributed by atoms with Crippen molar-refractivity contribution in [1.82, 2.24) is 9.66 Å². The normalized spacial score (nSPS) is 13.3. The number of nitrogens with zero attached hydrogens (tertiary/aromatic N) is 3. The van der Waals surface area contributed by atoms with Gasteiger partial charge < -0.3 is 9.47 Å². The maximum atomic E-state index is 13.3. The molecule has 0 amide bonds. The molecular formula is C24H24Br2ClN3O4. The number of aromatic nitrogens is 2. The van der Waals surface area contributed by atoms with Crippen LogP contribution < -0.4 is 10.3 Å². The highest BCUT2D eigenvalue weighted by molar-refractivity contribution is 9.10. The molecule has 0 unspecified atom stereocenters. The van der Waals surface area contributed by atoms with Crippen molar-refractivity contribution in [3.8, 4) is 5.75 Å². The van der Waals surface area contributed by atoms with Crippen molar-refractivity contribution in [3.05, 3.63) is 66.0 Å². The minimum Gasteiger partial charge on any atom is -0.476 e. The Labute approximate surface area is 219 Å². The Balaban J connectivity index is 2.00. The first kappa shape index (κ1) is 26.4. The third-order valence-electron chi connectivity index (χ3n) is 5.14. The zero-order valence-corrected chi connectivity index (χ0v) is 23.1. The topological polar surface area (TPSA) is 82.8 Å². The number of hydrogen-bond donors (Lipinski definition) is 0. The average molecular weight is 614 g/mol. The van der Waals surface area contributed by atoms with Crippen LogP contribution in [0.15, 0.2) is 49.2 Å². The first-order valence-electron chi connectivity index (χ1n) is 10.7. The fourth-order valence-electron chi connectivity index (χ4n) is 3.15. The van der Waals surface area contributed by atoms with Gasteiger partial charge in [-0.25, -0.2) is 9.78 Å². The number of hydrogen-bond acceptors (Lipinski definition) is 6. The Morgan fingerprint density at radius 3 is 2.62 bits per heavy atom. The number of carbonyl (C=O) groups is 1. The van der Waals surface area contributed by atoms with Crippen molar-refractivity contribution in [3.63, 3.8) is 0 Å². The van der Waals surface area contributed by atoms with Crippen molar-refractivity contribution in [2.45, 2.75) is 46.1 Å². The van der Waals surface area contributed by atoms with Crippen molar-refractivity contribution in [2.75, 3.05) is 6.61 Å². The van der Waals surface area contributed by atoms with Gasteiger partial charge in [0.25, 0.3) is 5.56 Å².